The molecule has 0 radical (unpaired) electrons. The van der Waals surface area contributed by atoms with Crippen molar-refractivity contribution in [1.82, 2.24) is 4.72 Å². The van der Waals surface area contributed by atoms with Crippen molar-refractivity contribution in [3.05, 3.63) is 39.9 Å². The Hall–Kier alpha value is 0.240. The second-order valence-electron chi connectivity index (χ2n) is 5.41. The van der Waals surface area contributed by atoms with E-state index in [4.69, 9.17) is 74.3 Å². The predicted octanol–water partition coefficient (Wildman–Crippen LogP) is 4.24. The van der Waals surface area contributed by atoms with Crippen molar-refractivity contribution < 1.29 is 17.9 Å². The molecule has 26 heavy (non-hydrogen) atoms. The van der Waals surface area contributed by atoms with Crippen LogP contribution >= 0.6 is 69.6 Å². The van der Waals surface area contributed by atoms with Crippen LogP contribution in [-0.4, -0.2) is 35.7 Å². The Morgan fingerprint density at radius 3 is 2.00 bits per heavy atom. The Morgan fingerprint density at radius 1 is 1.04 bits per heavy atom. The molecule has 1 aromatic rings. The average molecular weight is 502 g/mol. The maximum atomic E-state index is 12.8. The number of nitrogens with one attached hydrogen (secondary N) is 1. The number of alkyl halides is 4. The molecule has 0 aliphatic heterocycles. The highest BCUT2D eigenvalue weighted by atomic mass is 35.5. The highest BCUT2D eigenvalue weighted by molar-refractivity contribution is 7.89. The van der Waals surface area contributed by atoms with E-state index in [0.717, 1.165) is 12.7 Å². The van der Waals surface area contributed by atoms with Crippen molar-refractivity contribution in [3.8, 4) is 0 Å². The fourth-order valence-corrected chi connectivity index (χ4v) is 5.61. The van der Waals surface area contributed by atoms with Gasteiger partial charge in [-0.1, -0.05) is 87.3 Å². The number of carbonyl (C=O) groups is 1. The molecule has 0 aromatic heterocycles. The van der Waals surface area contributed by atoms with Gasteiger partial charge in [-0.25, -0.2) is 8.42 Å². The lowest BCUT2D eigenvalue weighted by Gasteiger charge is -2.48. The summed E-state index contributed by atoms with van der Waals surface area (Å²) in [6.45, 7) is 1.78. The molecule has 12 heteroatoms. The van der Waals surface area contributed by atoms with Crippen LogP contribution < -0.4 is 4.72 Å². The molecule has 0 heterocycles. The first-order valence-electron chi connectivity index (χ1n) is 6.76. The normalized spacial score (nSPS) is 25.5. The number of ether oxygens (including phenoxy) is 1. The molecule has 1 unspecified atom stereocenters. The van der Waals surface area contributed by atoms with Crippen molar-refractivity contribution in [2.45, 2.75) is 26.2 Å². The third-order valence-electron chi connectivity index (χ3n) is 3.74. The number of halogens is 6. The van der Waals surface area contributed by atoms with Gasteiger partial charge < -0.3 is 4.74 Å². The number of sulfonamides is 1. The number of aryl methyl sites for hydroxylation is 1. The van der Waals surface area contributed by atoms with Crippen LogP contribution in [0, 0.1) is 6.92 Å². The molecule has 0 spiro atoms. The highest BCUT2D eigenvalue weighted by Crippen LogP contribution is 2.59. The minimum Gasteiger partial charge on any atom is -0.355 e. The zero-order valence-electron chi connectivity index (χ0n) is 13.1. The van der Waals surface area contributed by atoms with E-state index in [0.29, 0.717) is 0 Å². The lowest BCUT2D eigenvalue weighted by Crippen LogP contribution is -2.70. The molecule has 1 atom stereocenters. The highest BCUT2D eigenvalue weighted by Gasteiger charge is 2.72. The molecule has 144 valence electrons. The van der Waals surface area contributed by atoms with Crippen molar-refractivity contribution in [2.75, 3.05) is 7.11 Å². The topological polar surface area (TPSA) is 72.5 Å². The number of carbonyl (C=O) groups excluding carboxylic acids is 1. The molecule has 1 aromatic carbocycles. The van der Waals surface area contributed by atoms with E-state index in [2.05, 4.69) is 4.72 Å². The van der Waals surface area contributed by atoms with Gasteiger partial charge >= 0.3 is 0 Å². The van der Waals surface area contributed by atoms with Crippen LogP contribution in [0.1, 0.15) is 5.56 Å². The number of ketones is 1. The molecule has 0 bridgehead atoms. The molecule has 1 N–H and O–H groups in total. The summed E-state index contributed by atoms with van der Waals surface area (Å²) in [7, 11) is -3.25. The second kappa shape index (κ2) is 7.25. The Balaban J connectivity index is 2.69. The Morgan fingerprint density at radius 2 is 1.54 bits per heavy atom. The number of Topliss-reactive ketones (excluding diaryl/α,β-unsaturated/α-hetero) is 1. The van der Waals surface area contributed by atoms with E-state index in [9.17, 15) is 13.2 Å². The van der Waals surface area contributed by atoms with Gasteiger partial charge in [-0.3, -0.25) is 4.79 Å². The zero-order valence-corrected chi connectivity index (χ0v) is 18.5. The van der Waals surface area contributed by atoms with Crippen molar-refractivity contribution in [2.24, 2.45) is 0 Å². The zero-order chi connectivity index (χ0) is 20.1. The number of benzene rings is 1. The van der Waals surface area contributed by atoms with Gasteiger partial charge in [-0.15, -0.1) is 0 Å². The summed E-state index contributed by atoms with van der Waals surface area (Å²) in [4.78, 5) is 12.1. The van der Waals surface area contributed by atoms with Crippen LogP contribution in [0.2, 0.25) is 0 Å². The summed E-state index contributed by atoms with van der Waals surface area (Å²) in [5.41, 5.74) is -1.60. The second-order valence-corrected chi connectivity index (χ2v) is 10.5. The predicted molar refractivity (Wildman–Crippen MR) is 104 cm³/mol. The average Bonchev–Trinajstić information content (AvgIpc) is 2.56. The molecular weight excluding hydrogens is 491 g/mol. The van der Waals surface area contributed by atoms with Gasteiger partial charge in [-0.05, 0) is 19.1 Å². The SMILES string of the molecule is COC1(NS(=O)(=O)c2ccc(C)cc2)C(Cl)=C(Cl)C(=O)C(Cl)(Cl)C1(Cl)Cl. The van der Waals surface area contributed by atoms with E-state index < -0.39 is 40.3 Å². The van der Waals surface area contributed by atoms with Crippen LogP contribution in [0.3, 0.4) is 0 Å². The lowest BCUT2D eigenvalue weighted by molar-refractivity contribution is -0.119. The molecule has 0 saturated heterocycles. The van der Waals surface area contributed by atoms with E-state index in [1.54, 1.807) is 19.1 Å². The van der Waals surface area contributed by atoms with Gasteiger partial charge in [0.15, 0.2) is 0 Å². The summed E-state index contributed by atoms with van der Waals surface area (Å²) in [5.74, 6) is -1.10. The van der Waals surface area contributed by atoms with Crippen molar-refractivity contribution in [3.63, 3.8) is 0 Å². The third-order valence-corrected chi connectivity index (χ3v) is 8.50. The first-order valence-corrected chi connectivity index (χ1v) is 10.5. The van der Waals surface area contributed by atoms with Crippen LogP contribution in [0.15, 0.2) is 39.2 Å². The van der Waals surface area contributed by atoms with Crippen LogP contribution in [0.25, 0.3) is 0 Å². The Kier molecular flexibility index (Phi) is 6.28. The van der Waals surface area contributed by atoms with Crippen molar-refractivity contribution >= 4 is 85.4 Å². The molecule has 1 aliphatic rings. The molecule has 0 amide bonds. The Labute approximate surface area is 180 Å². The van der Waals surface area contributed by atoms with Crippen LogP contribution in [-0.2, 0) is 19.6 Å². The van der Waals surface area contributed by atoms with E-state index in [-0.39, 0.29) is 4.90 Å². The number of rotatable bonds is 4. The van der Waals surface area contributed by atoms with Gasteiger partial charge in [0.2, 0.25) is 30.2 Å². The van der Waals surface area contributed by atoms with E-state index in [1.807, 2.05) is 0 Å². The number of methoxy groups -OCH3 is 1. The number of hydrogen-bond acceptors (Lipinski definition) is 4. The van der Waals surface area contributed by atoms with E-state index in [1.165, 1.54) is 12.1 Å². The first-order chi connectivity index (χ1) is 11.7. The minimum absolute atomic E-state index is 0.143. The smallest absolute Gasteiger partial charge is 0.243 e. The minimum atomic E-state index is -4.29. The molecule has 0 fully saturated rings. The molecule has 1 aliphatic carbocycles. The quantitative estimate of drug-likeness (QED) is 0.495. The van der Waals surface area contributed by atoms with Gasteiger partial charge in [0.05, 0.1) is 9.93 Å². The van der Waals surface area contributed by atoms with E-state index >= 15 is 0 Å². The molecular formula is C14H11Cl6NO4S. The molecule has 0 saturated carbocycles. The van der Waals surface area contributed by atoms with Crippen LogP contribution in [0.4, 0.5) is 0 Å². The standard InChI is InChI=1S/C14H11Cl6NO4S/c1-7-3-5-8(6-4-7)26(23,24)21-13(25-2)10(16)9(15)11(22)12(17,18)14(13,19)20/h3-6,21H,1-2H3. The summed E-state index contributed by atoms with van der Waals surface area (Å²) >= 11 is 36.4. The van der Waals surface area contributed by atoms with Gasteiger partial charge in [0.1, 0.15) is 5.03 Å². The largest absolute Gasteiger partial charge is 0.355 e. The third kappa shape index (κ3) is 3.27. The fourth-order valence-electron chi connectivity index (χ4n) is 2.23. The Bertz CT molecular complexity index is 881. The maximum Gasteiger partial charge on any atom is 0.243 e. The van der Waals surface area contributed by atoms with Gasteiger partial charge in [0, 0.05) is 7.11 Å². The van der Waals surface area contributed by atoms with Crippen molar-refractivity contribution in [1.29, 1.82) is 0 Å². The fraction of sp³-hybridized carbons (Fsp3) is 0.357. The number of allylic oxidation sites excluding steroid dienone is 1. The van der Waals surface area contributed by atoms with Gasteiger partial charge in [0.25, 0.3) is 0 Å². The van der Waals surface area contributed by atoms with Crippen LogP contribution in [0.5, 0.6) is 0 Å². The maximum absolute atomic E-state index is 12.8. The summed E-state index contributed by atoms with van der Waals surface area (Å²) in [5, 5.41) is -1.27. The first kappa shape index (κ1) is 22.5. The summed E-state index contributed by atoms with van der Waals surface area (Å²) in [6.07, 6.45) is 0. The summed E-state index contributed by atoms with van der Waals surface area (Å²) in [6, 6.07) is 5.83. The summed E-state index contributed by atoms with van der Waals surface area (Å²) < 4.78 is 27.8. The monoisotopic (exact) mass is 499 g/mol. The van der Waals surface area contributed by atoms with Gasteiger partial charge in [-0.2, -0.15) is 4.72 Å². The number of hydrogen-bond donors (Lipinski definition) is 1. The molecule has 2 rings (SSSR count). The molecule has 5 nitrogen and oxygen atoms in total. The lowest BCUT2D eigenvalue weighted by atomic mass is 9.95.